The van der Waals surface area contributed by atoms with E-state index in [2.05, 4.69) is 14.8 Å². The van der Waals surface area contributed by atoms with Gasteiger partial charge in [0.1, 0.15) is 0 Å². The van der Waals surface area contributed by atoms with Crippen molar-refractivity contribution >= 4 is 20.0 Å². The average Bonchev–Trinajstić information content (AvgIpc) is 2.47. The van der Waals surface area contributed by atoms with E-state index in [1.165, 1.54) is 25.2 Å². The van der Waals surface area contributed by atoms with Crippen LogP contribution in [0.1, 0.15) is 18.4 Å². The van der Waals surface area contributed by atoms with E-state index in [0.717, 1.165) is 25.9 Å². The summed E-state index contributed by atoms with van der Waals surface area (Å²) in [4.78, 5) is 0.161. The molecule has 9 heteroatoms. The number of benzene rings is 1. The number of aryl methyl sites for hydroxylation is 1. The number of sulfonamides is 2. The lowest BCUT2D eigenvalue weighted by Gasteiger charge is -2.23. The Morgan fingerprint density at radius 3 is 2.27 bits per heavy atom. The Hall–Kier alpha value is -1.00. The molecule has 0 amide bonds. The SMILES string of the molecule is CNS(=O)(=O)c1ccc(S(=O)(=O)NC2CCNCC2)cc1C. The highest BCUT2D eigenvalue weighted by molar-refractivity contribution is 7.90. The van der Waals surface area contributed by atoms with Gasteiger partial charge in [-0.15, -0.1) is 0 Å². The van der Waals surface area contributed by atoms with Crippen LogP contribution in [0.25, 0.3) is 0 Å². The summed E-state index contributed by atoms with van der Waals surface area (Å²) in [5.74, 6) is 0. The van der Waals surface area contributed by atoms with Crippen molar-refractivity contribution in [2.45, 2.75) is 35.6 Å². The van der Waals surface area contributed by atoms with Crippen molar-refractivity contribution in [2.75, 3.05) is 20.1 Å². The van der Waals surface area contributed by atoms with E-state index in [1.807, 2.05) is 0 Å². The third-order valence-electron chi connectivity index (χ3n) is 3.68. The molecule has 0 aliphatic carbocycles. The molecule has 1 heterocycles. The lowest BCUT2D eigenvalue weighted by molar-refractivity contribution is 0.427. The lowest BCUT2D eigenvalue weighted by Crippen LogP contribution is -2.42. The highest BCUT2D eigenvalue weighted by Gasteiger charge is 2.23. The van der Waals surface area contributed by atoms with Crippen molar-refractivity contribution in [2.24, 2.45) is 0 Å². The van der Waals surface area contributed by atoms with Crippen molar-refractivity contribution in [3.63, 3.8) is 0 Å². The average molecular weight is 347 g/mol. The molecule has 1 aromatic rings. The van der Waals surface area contributed by atoms with Crippen molar-refractivity contribution in [1.29, 1.82) is 0 Å². The molecule has 0 unspecified atom stereocenters. The molecule has 0 spiro atoms. The molecular weight excluding hydrogens is 326 g/mol. The fourth-order valence-corrected chi connectivity index (χ4v) is 4.77. The van der Waals surface area contributed by atoms with E-state index in [4.69, 9.17) is 0 Å². The van der Waals surface area contributed by atoms with Crippen LogP contribution in [0.5, 0.6) is 0 Å². The van der Waals surface area contributed by atoms with Crippen molar-refractivity contribution in [3.8, 4) is 0 Å². The molecule has 1 aliphatic rings. The molecule has 0 atom stereocenters. The van der Waals surface area contributed by atoms with Crippen LogP contribution in [0.3, 0.4) is 0 Å². The number of piperidine rings is 1. The molecule has 1 fully saturated rings. The zero-order valence-corrected chi connectivity index (χ0v) is 14.2. The maximum absolute atomic E-state index is 12.4. The first-order valence-corrected chi connectivity index (χ1v) is 10.00. The van der Waals surface area contributed by atoms with Gasteiger partial charge < -0.3 is 5.32 Å². The molecule has 0 saturated carbocycles. The number of hydrogen-bond acceptors (Lipinski definition) is 5. The van der Waals surface area contributed by atoms with Gasteiger partial charge in [-0.2, -0.15) is 0 Å². The topological polar surface area (TPSA) is 104 Å². The molecule has 1 aromatic carbocycles. The number of hydrogen-bond donors (Lipinski definition) is 3. The normalized spacial score (nSPS) is 17.5. The lowest BCUT2D eigenvalue weighted by atomic mass is 10.1. The summed E-state index contributed by atoms with van der Waals surface area (Å²) < 4.78 is 53.3. The quantitative estimate of drug-likeness (QED) is 0.692. The van der Waals surface area contributed by atoms with Crippen LogP contribution in [0.2, 0.25) is 0 Å². The Bertz CT molecular complexity index is 739. The van der Waals surface area contributed by atoms with E-state index < -0.39 is 20.0 Å². The van der Waals surface area contributed by atoms with Gasteiger partial charge in [0, 0.05) is 6.04 Å². The van der Waals surface area contributed by atoms with Gasteiger partial charge in [-0.05, 0) is 63.7 Å². The van der Waals surface area contributed by atoms with Crippen molar-refractivity contribution in [3.05, 3.63) is 23.8 Å². The van der Waals surface area contributed by atoms with Gasteiger partial charge in [0.15, 0.2) is 0 Å². The summed E-state index contributed by atoms with van der Waals surface area (Å²) in [6.07, 6.45) is 1.48. The molecule has 0 radical (unpaired) electrons. The van der Waals surface area contributed by atoms with Gasteiger partial charge in [-0.3, -0.25) is 0 Å². The summed E-state index contributed by atoms with van der Waals surface area (Å²) in [5, 5.41) is 3.17. The predicted octanol–water partition coefficient (Wildman–Crippen LogP) is -0.0666. The summed E-state index contributed by atoms with van der Waals surface area (Å²) in [6, 6.07) is 3.93. The highest BCUT2D eigenvalue weighted by Crippen LogP contribution is 2.20. The summed E-state index contributed by atoms with van der Waals surface area (Å²) in [6.45, 7) is 3.14. The fourth-order valence-electron chi connectivity index (χ4n) is 2.43. The molecule has 2 rings (SSSR count). The number of rotatable bonds is 5. The monoisotopic (exact) mass is 347 g/mol. The van der Waals surface area contributed by atoms with E-state index in [0.29, 0.717) is 5.56 Å². The Labute approximate surface area is 131 Å². The summed E-state index contributed by atoms with van der Waals surface area (Å²) >= 11 is 0. The second-order valence-corrected chi connectivity index (χ2v) is 8.85. The van der Waals surface area contributed by atoms with E-state index in [9.17, 15) is 16.8 Å². The Balaban J connectivity index is 2.27. The number of nitrogens with one attached hydrogen (secondary N) is 3. The van der Waals surface area contributed by atoms with Crippen LogP contribution in [0.4, 0.5) is 0 Å². The Morgan fingerprint density at radius 1 is 1.09 bits per heavy atom. The highest BCUT2D eigenvalue weighted by atomic mass is 32.2. The second kappa shape index (κ2) is 6.63. The van der Waals surface area contributed by atoms with E-state index in [-0.39, 0.29) is 15.8 Å². The fraction of sp³-hybridized carbons (Fsp3) is 0.538. The first-order valence-electron chi connectivity index (χ1n) is 7.03. The van der Waals surface area contributed by atoms with Crippen LogP contribution < -0.4 is 14.8 Å². The molecular formula is C13H21N3O4S2. The van der Waals surface area contributed by atoms with Gasteiger partial charge in [0.05, 0.1) is 9.79 Å². The van der Waals surface area contributed by atoms with Crippen molar-refractivity contribution in [1.82, 2.24) is 14.8 Å². The molecule has 1 saturated heterocycles. The third kappa shape index (κ3) is 3.85. The van der Waals surface area contributed by atoms with E-state index >= 15 is 0 Å². The van der Waals surface area contributed by atoms with Gasteiger partial charge >= 0.3 is 0 Å². The minimum atomic E-state index is -3.64. The van der Waals surface area contributed by atoms with Crippen LogP contribution in [0, 0.1) is 6.92 Å². The second-order valence-electron chi connectivity index (χ2n) is 5.28. The smallest absolute Gasteiger partial charge is 0.240 e. The first kappa shape index (κ1) is 17.4. The largest absolute Gasteiger partial charge is 0.317 e. The maximum Gasteiger partial charge on any atom is 0.240 e. The van der Waals surface area contributed by atoms with Gasteiger partial charge in [-0.1, -0.05) is 0 Å². The van der Waals surface area contributed by atoms with Crippen LogP contribution in [-0.4, -0.2) is 43.0 Å². The van der Waals surface area contributed by atoms with Crippen LogP contribution in [0.15, 0.2) is 28.0 Å². The van der Waals surface area contributed by atoms with Crippen LogP contribution >= 0.6 is 0 Å². The summed E-state index contributed by atoms with van der Waals surface area (Å²) in [7, 11) is -5.92. The van der Waals surface area contributed by atoms with Crippen LogP contribution in [-0.2, 0) is 20.0 Å². The maximum atomic E-state index is 12.4. The zero-order chi connectivity index (χ0) is 16.4. The standard InChI is InChI=1S/C13H21N3O4S2/c1-10-9-12(3-4-13(10)22(19,20)14-2)21(17,18)16-11-5-7-15-8-6-11/h3-4,9,11,14-16H,5-8H2,1-2H3. The Morgan fingerprint density at radius 2 is 1.73 bits per heavy atom. The summed E-state index contributed by atoms with van der Waals surface area (Å²) in [5.41, 5.74) is 0.391. The minimum absolute atomic E-state index is 0.0795. The first-order chi connectivity index (χ1) is 10.3. The van der Waals surface area contributed by atoms with E-state index in [1.54, 1.807) is 6.92 Å². The Kier molecular flexibility index (Phi) is 5.23. The minimum Gasteiger partial charge on any atom is -0.317 e. The molecule has 0 bridgehead atoms. The molecule has 22 heavy (non-hydrogen) atoms. The molecule has 1 aliphatic heterocycles. The molecule has 7 nitrogen and oxygen atoms in total. The molecule has 124 valence electrons. The molecule has 0 aromatic heterocycles. The van der Waals surface area contributed by atoms with Gasteiger partial charge in [0.2, 0.25) is 20.0 Å². The van der Waals surface area contributed by atoms with Gasteiger partial charge in [-0.25, -0.2) is 26.3 Å². The van der Waals surface area contributed by atoms with Gasteiger partial charge in [0.25, 0.3) is 0 Å². The molecule has 3 N–H and O–H groups in total. The predicted molar refractivity (Wildman–Crippen MR) is 83.6 cm³/mol. The third-order valence-corrected chi connectivity index (χ3v) is 6.77. The zero-order valence-electron chi connectivity index (χ0n) is 12.6. The van der Waals surface area contributed by atoms with Crippen molar-refractivity contribution < 1.29 is 16.8 Å².